The Balaban J connectivity index is 1.79. The van der Waals surface area contributed by atoms with E-state index >= 15 is 0 Å². The predicted octanol–water partition coefficient (Wildman–Crippen LogP) is 4.37. The average Bonchev–Trinajstić information content (AvgIpc) is 3.14. The number of halogens is 3. The summed E-state index contributed by atoms with van der Waals surface area (Å²) in [6, 6.07) is 0.408. The van der Waals surface area contributed by atoms with Gasteiger partial charge in [-0.15, -0.1) is 11.3 Å². The highest BCUT2D eigenvalue weighted by Crippen LogP contribution is 2.43. The first-order valence-corrected chi connectivity index (χ1v) is 8.82. The van der Waals surface area contributed by atoms with Crippen LogP contribution in [0.25, 0.3) is 0 Å². The van der Waals surface area contributed by atoms with Gasteiger partial charge in [-0.1, -0.05) is 6.42 Å². The van der Waals surface area contributed by atoms with Crippen molar-refractivity contribution in [1.29, 1.82) is 0 Å². The molecule has 2 nitrogen and oxygen atoms in total. The Morgan fingerprint density at radius 1 is 1.20 bits per heavy atom. The summed E-state index contributed by atoms with van der Waals surface area (Å²) in [7, 11) is 0. The fourth-order valence-corrected chi connectivity index (χ4v) is 4.89. The molecule has 0 bridgehead atoms. The number of hydrogen-bond donors (Lipinski definition) is 1. The highest BCUT2D eigenvalue weighted by atomic mass is 32.2. The monoisotopic (exact) mass is 322 g/mol. The first-order chi connectivity index (χ1) is 9.54. The van der Waals surface area contributed by atoms with E-state index < -0.39 is 11.9 Å². The molecule has 1 unspecified atom stereocenters. The number of rotatable bonds is 4. The third-order valence-corrected chi connectivity index (χ3v) is 6.27. The van der Waals surface area contributed by atoms with Gasteiger partial charge in [0, 0.05) is 12.6 Å². The number of alkyl halides is 3. The van der Waals surface area contributed by atoms with E-state index in [-0.39, 0.29) is 5.25 Å². The zero-order valence-corrected chi connectivity index (χ0v) is 12.6. The van der Waals surface area contributed by atoms with Crippen molar-refractivity contribution in [2.24, 2.45) is 0 Å². The predicted molar refractivity (Wildman–Crippen MR) is 76.0 cm³/mol. The van der Waals surface area contributed by atoms with Crippen molar-refractivity contribution < 1.29 is 13.2 Å². The summed E-state index contributed by atoms with van der Waals surface area (Å²) in [5.41, 5.74) is -0.670. The van der Waals surface area contributed by atoms with Crippen LogP contribution in [0.4, 0.5) is 13.2 Å². The first-order valence-electron chi connectivity index (χ1n) is 6.96. The van der Waals surface area contributed by atoms with Crippen molar-refractivity contribution in [3.8, 4) is 0 Å². The zero-order chi connectivity index (χ0) is 14.2. The number of hydrogen-bond acceptors (Lipinski definition) is 4. The molecule has 7 heteroatoms. The van der Waals surface area contributed by atoms with E-state index in [1.807, 2.05) is 0 Å². The topological polar surface area (TPSA) is 24.9 Å². The quantitative estimate of drug-likeness (QED) is 0.891. The molecule has 1 aromatic heterocycles. The van der Waals surface area contributed by atoms with E-state index in [9.17, 15) is 13.2 Å². The molecule has 1 N–H and O–H groups in total. The number of aromatic nitrogens is 1. The number of thioether (sulfide) groups is 1. The van der Waals surface area contributed by atoms with Crippen molar-refractivity contribution in [2.75, 3.05) is 5.75 Å². The Bertz CT molecular complexity index is 463. The summed E-state index contributed by atoms with van der Waals surface area (Å²) in [6.45, 7) is 0.300. The lowest BCUT2D eigenvalue weighted by Crippen LogP contribution is -2.18. The second kappa shape index (κ2) is 5.85. The molecule has 0 amide bonds. The number of nitrogens with one attached hydrogen (secondary N) is 1. The molecule has 2 fully saturated rings. The molecule has 112 valence electrons. The van der Waals surface area contributed by atoms with Crippen LogP contribution in [0.1, 0.15) is 52.9 Å². The van der Waals surface area contributed by atoms with E-state index in [0.717, 1.165) is 37.9 Å². The molecule has 2 aliphatic rings. The highest BCUT2D eigenvalue weighted by Gasteiger charge is 2.38. The van der Waals surface area contributed by atoms with Gasteiger partial charge in [0.25, 0.3) is 0 Å². The third kappa shape index (κ3) is 3.49. The third-order valence-electron chi connectivity index (χ3n) is 3.57. The average molecular weight is 322 g/mol. The minimum Gasteiger partial charge on any atom is -0.309 e. The molecule has 1 saturated heterocycles. The molecule has 20 heavy (non-hydrogen) atoms. The van der Waals surface area contributed by atoms with Crippen LogP contribution in [-0.4, -0.2) is 16.8 Å². The molecule has 1 aliphatic heterocycles. The van der Waals surface area contributed by atoms with Crippen LogP contribution in [0.3, 0.4) is 0 Å². The van der Waals surface area contributed by atoms with Gasteiger partial charge in [0.15, 0.2) is 5.69 Å². The fraction of sp³-hybridized carbons (Fsp3) is 0.769. The van der Waals surface area contributed by atoms with Gasteiger partial charge < -0.3 is 5.32 Å². The Morgan fingerprint density at radius 3 is 2.60 bits per heavy atom. The Kier molecular flexibility index (Phi) is 4.29. The van der Waals surface area contributed by atoms with Crippen LogP contribution in [0, 0.1) is 0 Å². The normalized spacial score (nSPS) is 24.1. The molecule has 1 saturated carbocycles. The van der Waals surface area contributed by atoms with Crippen molar-refractivity contribution >= 4 is 23.1 Å². The second-order valence-electron chi connectivity index (χ2n) is 5.33. The van der Waals surface area contributed by atoms with Crippen LogP contribution < -0.4 is 5.32 Å². The summed E-state index contributed by atoms with van der Waals surface area (Å²) in [5.74, 6) is 1.03. The molecule has 0 radical (unpaired) electrons. The smallest absolute Gasteiger partial charge is 0.309 e. The Hall–Kier alpha value is -0.270. The van der Waals surface area contributed by atoms with E-state index in [1.54, 1.807) is 11.8 Å². The Morgan fingerprint density at radius 2 is 2.00 bits per heavy atom. The van der Waals surface area contributed by atoms with Crippen molar-refractivity contribution in [1.82, 2.24) is 10.3 Å². The SMILES string of the molecule is FC(F)(F)c1nc(C2CCCCS2)sc1CNC1CC1. The van der Waals surface area contributed by atoms with Crippen molar-refractivity contribution in [3.63, 3.8) is 0 Å². The largest absolute Gasteiger partial charge is 0.434 e. The molecule has 0 aromatic carbocycles. The van der Waals surface area contributed by atoms with Crippen LogP contribution in [0.2, 0.25) is 0 Å². The van der Waals surface area contributed by atoms with E-state index in [0.29, 0.717) is 22.5 Å². The molecule has 2 heterocycles. The van der Waals surface area contributed by atoms with Gasteiger partial charge in [-0.05, 0) is 31.4 Å². The van der Waals surface area contributed by atoms with Gasteiger partial charge in [-0.25, -0.2) is 4.98 Å². The highest BCUT2D eigenvalue weighted by molar-refractivity contribution is 7.99. The molecule has 1 atom stereocenters. The summed E-state index contributed by atoms with van der Waals surface area (Å²) >= 11 is 2.99. The van der Waals surface area contributed by atoms with Crippen LogP contribution in [-0.2, 0) is 12.7 Å². The van der Waals surface area contributed by atoms with E-state index in [2.05, 4.69) is 10.3 Å². The minimum absolute atomic E-state index is 0.157. The minimum atomic E-state index is -4.34. The second-order valence-corrected chi connectivity index (χ2v) is 7.76. The van der Waals surface area contributed by atoms with Crippen LogP contribution >= 0.6 is 23.1 Å². The summed E-state index contributed by atoms with van der Waals surface area (Å²) in [4.78, 5) is 4.29. The van der Waals surface area contributed by atoms with Crippen molar-refractivity contribution in [3.05, 3.63) is 15.6 Å². The van der Waals surface area contributed by atoms with Gasteiger partial charge in [0.05, 0.1) is 10.1 Å². The lowest BCUT2D eigenvalue weighted by Gasteiger charge is -2.18. The van der Waals surface area contributed by atoms with E-state index in [4.69, 9.17) is 0 Å². The van der Waals surface area contributed by atoms with Gasteiger partial charge >= 0.3 is 6.18 Å². The van der Waals surface area contributed by atoms with Gasteiger partial charge in [-0.2, -0.15) is 24.9 Å². The Labute approximate surface area is 124 Å². The van der Waals surface area contributed by atoms with Crippen LogP contribution in [0.15, 0.2) is 0 Å². The molecule has 3 rings (SSSR count). The van der Waals surface area contributed by atoms with Crippen LogP contribution in [0.5, 0.6) is 0 Å². The first kappa shape index (κ1) is 14.7. The van der Waals surface area contributed by atoms with E-state index in [1.165, 1.54) is 11.3 Å². The number of thiazole rings is 1. The maximum absolute atomic E-state index is 13.1. The lowest BCUT2D eigenvalue weighted by molar-refractivity contribution is -0.141. The maximum Gasteiger partial charge on any atom is 0.434 e. The molecule has 1 aromatic rings. The number of nitrogens with zero attached hydrogens (tertiary/aromatic N) is 1. The molecule has 0 spiro atoms. The summed E-state index contributed by atoms with van der Waals surface area (Å²) in [6.07, 6.45) is 1.01. The summed E-state index contributed by atoms with van der Waals surface area (Å²) in [5, 5.41) is 3.98. The lowest BCUT2D eigenvalue weighted by atomic mass is 10.2. The summed E-state index contributed by atoms with van der Waals surface area (Å²) < 4.78 is 39.2. The molecular formula is C13H17F3N2S2. The van der Waals surface area contributed by atoms with Gasteiger partial charge in [-0.3, -0.25) is 0 Å². The maximum atomic E-state index is 13.1. The van der Waals surface area contributed by atoms with Crippen molar-refractivity contribution in [2.45, 2.75) is 56.1 Å². The standard InChI is InChI=1S/C13H17F3N2S2/c14-13(15,16)11-10(7-17-8-4-5-8)20-12(18-11)9-3-1-2-6-19-9/h8-9,17H,1-7H2. The van der Waals surface area contributed by atoms with Gasteiger partial charge in [0.1, 0.15) is 5.01 Å². The fourth-order valence-electron chi connectivity index (χ4n) is 2.31. The molecule has 1 aliphatic carbocycles. The molecular weight excluding hydrogens is 305 g/mol. The zero-order valence-electron chi connectivity index (χ0n) is 11.0. The van der Waals surface area contributed by atoms with Gasteiger partial charge in [0.2, 0.25) is 0 Å².